The van der Waals surface area contributed by atoms with Crippen LogP contribution < -0.4 is 5.32 Å². The van der Waals surface area contributed by atoms with Crippen molar-refractivity contribution >= 4 is 11.7 Å². The summed E-state index contributed by atoms with van der Waals surface area (Å²) in [5.74, 6) is 0. The Balaban J connectivity index is 1.55. The predicted molar refractivity (Wildman–Crippen MR) is 92.7 cm³/mol. The lowest BCUT2D eigenvalue weighted by Crippen LogP contribution is -2.41. The van der Waals surface area contributed by atoms with Crippen molar-refractivity contribution in [1.82, 2.24) is 30.3 Å². The van der Waals surface area contributed by atoms with Crippen LogP contribution >= 0.6 is 0 Å². The number of aromatic nitrogens is 5. The molecule has 0 spiro atoms. The van der Waals surface area contributed by atoms with Gasteiger partial charge in [-0.2, -0.15) is 10.2 Å². The van der Waals surface area contributed by atoms with E-state index in [1.54, 1.807) is 18.6 Å². The summed E-state index contributed by atoms with van der Waals surface area (Å²) in [6, 6.07) is 5.52. The number of urea groups is 1. The number of likely N-dealkylation sites (tertiary alicyclic amines) is 1. The monoisotopic (exact) mass is 337 g/mol. The van der Waals surface area contributed by atoms with Gasteiger partial charge in [0.15, 0.2) is 0 Å². The molecule has 1 atom stereocenters. The third-order valence-corrected chi connectivity index (χ3v) is 4.47. The standard InChI is InChI=1S/C17H19N7O/c25-17(24-8-4-2-6-15(24)12-9-19-20-10-12)22-14-11-21-23-16(14)13-5-1-3-7-18-13/h1,3,5,7,9-11,15H,2,4,6,8H2,(H,19,20)(H,21,23)(H,22,25). The van der Waals surface area contributed by atoms with E-state index in [1.807, 2.05) is 29.3 Å². The Morgan fingerprint density at radius 3 is 3.00 bits per heavy atom. The van der Waals surface area contributed by atoms with Crippen LogP contribution in [0.1, 0.15) is 30.9 Å². The molecule has 0 aliphatic carbocycles. The average molecular weight is 337 g/mol. The molecular weight excluding hydrogens is 318 g/mol. The molecule has 1 aliphatic heterocycles. The highest BCUT2D eigenvalue weighted by atomic mass is 16.2. The van der Waals surface area contributed by atoms with Gasteiger partial charge in [-0.15, -0.1) is 0 Å². The summed E-state index contributed by atoms with van der Waals surface area (Å²) in [5.41, 5.74) is 3.10. The number of rotatable bonds is 3. The fourth-order valence-corrected chi connectivity index (χ4v) is 3.24. The van der Waals surface area contributed by atoms with Gasteiger partial charge in [-0.25, -0.2) is 4.79 Å². The minimum Gasteiger partial charge on any atom is -0.317 e. The van der Waals surface area contributed by atoms with E-state index in [0.717, 1.165) is 37.1 Å². The van der Waals surface area contributed by atoms with Gasteiger partial charge in [-0.05, 0) is 31.4 Å². The highest BCUT2D eigenvalue weighted by Gasteiger charge is 2.29. The number of aromatic amines is 2. The first-order chi connectivity index (χ1) is 12.3. The number of H-pyrrole nitrogens is 2. The molecule has 0 radical (unpaired) electrons. The van der Waals surface area contributed by atoms with Gasteiger partial charge < -0.3 is 10.2 Å². The largest absolute Gasteiger partial charge is 0.322 e. The highest BCUT2D eigenvalue weighted by molar-refractivity contribution is 5.93. The molecule has 0 aromatic carbocycles. The second-order valence-electron chi connectivity index (χ2n) is 6.04. The number of hydrogen-bond acceptors (Lipinski definition) is 4. The van der Waals surface area contributed by atoms with Crippen LogP contribution in [0.25, 0.3) is 11.4 Å². The van der Waals surface area contributed by atoms with Crippen molar-refractivity contribution < 1.29 is 4.79 Å². The molecule has 8 nitrogen and oxygen atoms in total. The van der Waals surface area contributed by atoms with Crippen molar-refractivity contribution in [3.8, 4) is 11.4 Å². The number of carbonyl (C=O) groups excluding carboxylic acids is 1. The Kier molecular flexibility index (Phi) is 4.16. The molecule has 8 heteroatoms. The Labute approximate surface area is 144 Å². The minimum atomic E-state index is -0.135. The van der Waals surface area contributed by atoms with Gasteiger partial charge in [0.1, 0.15) is 5.69 Å². The third kappa shape index (κ3) is 3.10. The van der Waals surface area contributed by atoms with E-state index < -0.39 is 0 Å². The maximum absolute atomic E-state index is 12.9. The molecule has 4 heterocycles. The molecule has 1 saturated heterocycles. The lowest BCUT2D eigenvalue weighted by Gasteiger charge is -2.35. The van der Waals surface area contributed by atoms with Gasteiger partial charge in [-0.3, -0.25) is 15.2 Å². The van der Waals surface area contributed by atoms with Crippen LogP contribution in [0.5, 0.6) is 0 Å². The van der Waals surface area contributed by atoms with Crippen LogP contribution in [0.3, 0.4) is 0 Å². The van der Waals surface area contributed by atoms with E-state index in [2.05, 4.69) is 30.7 Å². The molecule has 25 heavy (non-hydrogen) atoms. The first-order valence-electron chi connectivity index (χ1n) is 8.34. The molecule has 1 aliphatic rings. The number of hydrogen-bond donors (Lipinski definition) is 3. The number of nitrogens with zero attached hydrogens (tertiary/aromatic N) is 4. The highest BCUT2D eigenvalue weighted by Crippen LogP contribution is 2.31. The molecule has 0 bridgehead atoms. The van der Waals surface area contributed by atoms with E-state index in [1.165, 1.54) is 0 Å². The number of piperidine rings is 1. The third-order valence-electron chi connectivity index (χ3n) is 4.47. The fourth-order valence-electron chi connectivity index (χ4n) is 3.24. The molecule has 0 saturated carbocycles. The van der Waals surface area contributed by atoms with E-state index >= 15 is 0 Å². The zero-order valence-electron chi connectivity index (χ0n) is 13.6. The minimum absolute atomic E-state index is 0.0395. The number of amides is 2. The smallest absolute Gasteiger partial charge is 0.317 e. The zero-order valence-corrected chi connectivity index (χ0v) is 13.6. The summed E-state index contributed by atoms with van der Waals surface area (Å²) in [7, 11) is 0. The summed E-state index contributed by atoms with van der Waals surface area (Å²) in [6.45, 7) is 0.721. The van der Waals surface area contributed by atoms with Gasteiger partial charge in [-0.1, -0.05) is 6.07 Å². The Morgan fingerprint density at radius 1 is 1.24 bits per heavy atom. The molecule has 128 valence electrons. The van der Waals surface area contributed by atoms with Crippen molar-refractivity contribution in [2.24, 2.45) is 0 Å². The van der Waals surface area contributed by atoms with Crippen LogP contribution in [0.15, 0.2) is 43.0 Å². The van der Waals surface area contributed by atoms with Crippen molar-refractivity contribution in [3.63, 3.8) is 0 Å². The summed E-state index contributed by atoms with van der Waals surface area (Å²) in [6.07, 6.45) is 10.00. The van der Waals surface area contributed by atoms with E-state index in [9.17, 15) is 4.79 Å². The molecule has 4 rings (SSSR count). The summed E-state index contributed by atoms with van der Waals surface area (Å²) >= 11 is 0. The second-order valence-corrected chi connectivity index (χ2v) is 6.04. The van der Waals surface area contributed by atoms with E-state index in [4.69, 9.17) is 0 Å². The van der Waals surface area contributed by atoms with Crippen LogP contribution in [-0.4, -0.2) is 42.9 Å². The van der Waals surface area contributed by atoms with Gasteiger partial charge in [0, 0.05) is 24.5 Å². The van der Waals surface area contributed by atoms with Gasteiger partial charge in [0.05, 0.1) is 29.8 Å². The van der Waals surface area contributed by atoms with Gasteiger partial charge >= 0.3 is 6.03 Å². The molecule has 1 fully saturated rings. The second kappa shape index (κ2) is 6.76. The SMILES string of the molecule is O=C(Nc1cn[nH]c1-c1ccccn1)N1CCCCC1c1cn[nH]c1. The number of pyridine rings is 1. The maximum Gasteiger partial charge on any atom is 0.322 e. The first-order valence-corrected chi connectivity index (χ1v) is 8.34. The van der Waals surface area contributed by atoms with Crippen LogP contribution in [-0.2, 0) is 0 Å². The van der Waals surface area contributed by atoms with E-state index in [0.29, 0.717) is 11.4 Å². The Morgan fingerprint density at radius 2 is 2.20 bits per heavy atom. The predicted octanol–water partition coefficient (Wildman–Crippen LogP) is 2.95. The van der Waals surface area contributed by atoms with Crippen LogP contribution in [0.4, 0.5) is 10.5 Å². The van der Waals surface area contributed by atoms with Crippen LogP contribution in [0.2, 0.25) is 0 Å². The zero-order chi connectivity index (χ0) is 17.1. The van der Waals surface area contributed by atoms with E-state index in [-0.39, 0.29) is 12.1 Å². The Bertz CT molecular complexity index is 828. The molecule has 2 amide bonds. The van der Waals surface area contributed by atoms with Crippen molar-refractivity contribution in [2.45, 2.75) is 25.3 Å². The molecule has 3 aromatic heterocycles. The number of nitrogens with one attached hydrogen (secondary N) is 3. The van der Waals surface area contributed by atoms with Gasteiger partial charge in [0.25, 0.3) is 0 Å². The Hall–Kier alpha value is -3.16. The first kappa shape index (κ1) is 15.4. The lowest BCUT2D eigenvalue weighted by atomic mass is 9.98. The number of carbonyl (C=O) groups is 1. The summed E-state index contributed by atoms with van der Waals surface area (Å²) in [5, 5.41) is 16.8. The summed E-state index contributed by atoms with van der Waals surface area (Å²) in [4.78, 5) is 19.1. The van der Waals surface area contributed by atoms with Crippen molar-refractivity contribution in [1.29, 1.82) is 0 Å². The van der Waals surface area contributed by atoms with Crippen molar-refractivity contribution in [3.05, 3.63) is 48.5 Å². The molecular formula is C17H19N7O. The summed E-state index contributed by atoms with van der Waals surface area (Å²) < 4.78 is 0. The van der Waals surface area contributed by atoms with Crippen LogP contribution in [0, 0.1) is 0 Å². The van der Waals surface area contributed by atoms with Gasteiger partial charge in [0.2, 0.25) is 0 Å². The topological polar surface area (TPSA) is 103 Å². The normalized spacial score (nSPS) is 17.4. The maximum atomic E-state index is 12.9. The van der Waals surface area contributed by atoms with Crippen molar-refractivity contribution in [2.75, 3.05) is 11.9 Å². The molecule has 3 aromatic rings. The molecule has 1 unspecified atom stereocenters. The molecule has 3 N–H and O–H groups in total. The number of anilines is 1. The average Bonchev–Trinajstić information content (AvgIpc) is 3.34. The fraction of sp³-hybridized carbons (Fsp3) is 0.294. The quantitative estimate of drug-likeness (QED) is 0.683. The lowest BCUT2D eigenvalue weighted by molar-refractivity contribution is 0.163.